The molecule has 7 nitrogen and oxygen atoms in total. The van der Waals surface area contributed by atoms with Crippen molar-refractivity contribution >= 4 is 34.6 Å². The molecule has 0 saturated carbocycles. The molecule has 9 heteroatoms. The van der Waals surface area contributed by atoms with Gasteiger partial charge in [-0.2, -0.15) is 0 Å². The number of ether oxygens (including phenoxy) is 1. The van der Waals surface area contributed by atoms with Crippen molar-refractivity contribution in [1.82, 2.24) is 9.97 Å². The first-order valence-electron chi connectivity index (χ1n) is 5.29. The van der Waals surface area contributed by atoms with Crippen LogP contribution in [0.1, 0.15) is 15.2 Å². The maximum absolute atomic E-state index is 11.7. The Balaban J connectivity index is 2.76. The Labute approximate surface area is 122 Å². The number of carbonyl (C=O) groups is 1. The Bertz CT molecular complexity index is 701. The fourth-order valence-electron chi connectivity index (χ4n) is 1.68. The number of carbonyl (C=O) groups excluding carboxylic acids is 1. The van der Waals surface area contributed by atoms with Gasteiger partial charge < -0.3 is 4.74 Å². The summed E-state index contributed by atoms with van der Waals surface area (Å²) >= 11 is 6.88. The van der Waals surface area contributed by atoms with Crippen molar-refractivity contribution in [2.24, 2.45) is 0 Å². The third kappa shape index (κ3) is 2.35. The predicted molar refractivity (Wildman–Crippen MR) is 73.1 cm³/mol. The third-order valence-corrected chi connectivity index (χ3v) is 3.90. The number of methoxy groups -OCH3 is 1. The summed E-state index contributed by atoms with van der Waals surface area (Å²) < 4.78 is 4.67. The van der Waals surface area contributed by atoms with Gasteiger partial charge in [-0.1, -0.05) is 11.6 Å². The quantitative estimate of drug-likeness (QED) is 0.374. The molecular weight excluding hydrogens is 306 g/mol. The summed E-state index contributed by atoms with van der Waals surface area (Å²) in [6, 6.07) is 0. The van der Waals surface area contributed by atoms with Gasteiger partial charge in [-0.3, -0.25) is 10.1 Å². The van der Waals surface area contributed by atoms with Gasteiger partial charge in [0.1, 0.15) is 11.2 Å². The topological polar surface area (TPSA) is 95.2 Å². The fraction of sp³-hybridized carbons (Fsp3) is 0.182. The summed E-state index contributed by atoms with van der Waals surface area (Å²) in [5.41, 5.74) is 0.598. The standard InChI is InChI=1S/C11H8ClN3O4S/c1-5-3-20-9(11(16)19-2)6(5)7-8(15(17)18)10(12)14-4-13-7/h3-4H,1-2H3. The molecule has 0 atom stereocenters. The average molecular weight is 314 g/mol. The summed E-state index contributed by atoms with van der Waals surface area (Å²) in [7, 11) is 1.24. The molecule has 0 saturated heterocycles. The van der Waals surface area contributed by atoms with Crippen LogP contribution in [0.2, 0.25) is 5.15 Å². The van der Waals surface area contributed by atoms with E-state index in [1.165, 1.54) is 7.11 Å². The molecule has 104 valence electrons. The molecule has 2 rings (SSSR count). The van der Waals surface area contributed by atoms with Crippen LogP contribution < -0.4 is 0 Å². The fourth-order valence-corrected chi connectivity index (χ4v) is 2.85. The smallest absolute Gasteiger partial charge is 0.348 e. The molecule has 0 aromatic carbocycles. The normalized spacial score (nSPS) is 10.3. The second-order valence-electron chi connectivity index (χ2n) is 3.73. The van der Waals surface area contributed by atoms with Gasteiger partial charge in [-0.15, -0.1) is 11.3 Å². The van der Waals surface area contributed by atoms with Crippen LogP contribution in [0.4, 0.5) is 5.69 Å². The lowest BCUT2D eigenvalue weighted by atomic mass is 10.1. The van der Waals surface area contributed by atoms with E-state index in [0.29, 0.717) is 11.1 Å². The monoisotopic (exact) mass is 313 g/mol. The van der Waals surface area contributed by atoms with Crippen LogP contribution in [0.3, 0.4) is 0 Å². The summed E-state index contributed by atoms with van der Waals surface area (Å²) in [5.74, 6) is -0.581. The predicted octanol–water partition coefficient (Wildman–Crippen LogP) is 2.86. The van der Waals surface area contributed by atoms with E-state index in [1.54, 1.807) is 12.3 Å². The minimum Gasteiger partial charge on any atom is -0.465 e. The summed E-state index contributed by atoms with van der Waals surface area (Å²) in [4.78, 5) is 29.9. The van der Waals surface area contributed by atoms with Gasteiger partial charge >= 0.3 is 11.7 Å². The van der Waals surface area contributed by atoms with Crippen molar-refractivity contribution in [3.63, 3.8) is 0 Å². The Hall–Kier alpha value is -2.06. The number of aromatic nitrogens is 2. The van der Waals surface area contributed by atoms with Crippen LogP contribution in [-0.2, 0) is 4.74 Å². The highest BCUT2D eigenvalue weighted by molar-refractivity contribution is 7.12. The molecule has 0 aliphatic carbocycles. The minimum absolute atomic E-state index is 0.00847. The minimum atomic E-state index is -0.671. The molecule has 0 bridgehead atoms. The van der Waals surface area contributed by atoms with Crippen LogP contribution in [-0.4, -0.2) is 28.0 Å². The van der Waals surface area contributed by atoms with Gasteiger partial charge in [0.2, 0.25) is 5.15 Å². The molecule has 2 aromatic rings. The van der Waals surface area contributed by atoms with Crippen molar-refractivity contribution in [2.75, 3.05) is 7.11 Å². The first kappa shape index (κ1) is 14.4. The third-order valence-electron chi connectivity index (χ3n) is 2.54. The number of nitro groups is 1. The van der Waals surface area contributed by atoms with Crippen LogP contribution in [0.15, 0.2) is 11.7 Å². The molecule has 0 aliphatic heterocycles. The van der Waals surface area contributed by atoms with Crippen molar-refractivity contribution in [3.05, 3.63) is 37.4 Å². The van der Waals surface area contributed by atoms with E-state index in [2.05, 4.69) is 14.7 Å². The maximum Gasteiger partial charge on any atom is 0.348 e. The Kier molecular flexibility index (Phi) is 3.96. The van der Waals surface area contributed by atoms with Crippen molar-refractivity contribution in [3.8, 4) is 11.3 Å². The first-order chi connectivity index (χ1) is 9.47. The van der Waals surface area contributed by atoms with E-state index in [-0.39, 0.29) is 15.7 Å². The van der Waals surface area contributed by atoms with E-state index >= 15 is 0 Å². The lowest BCUT2D eigenvalue weighted by Crippen LogP contribution is -2.04. The number of thiophene rings is 1. The summed E-state index contributed by atoms with van der Waals surface area (Å²) in [6.45, 7) is 1.72. The van der Waals surface area contributed by atoms with Crippen LogP contribution in [0, 0.1) is 17.0 Å². The number of nitrogens with zero attached hydrogens (tertiary/aromatic N) is 3. The van der Waals surface area contributed by atoms with Crippen LogP contribution >= 0.6 is 22.9 Å². The number of rotatable bonds is 3. The van der Waals surface area contributed by atoms with Gasteiger partial charge in [0.05, 0.1) is 12.0 Å². The van der Waals surface area contributed by atoms with Crippen molar-refractivity contribution in [2.45, 2.75) is 6.92 Å². The zero-order chi connectivity index (χ0) is 14.9. The Morgan fingerprint density at radius 3 is 2.80 bits per heavy atom. The van der Waals surface area contributed by atoms with Gasteiger partial charge in [0, 0.05) is 5.56 Å². The molecule has 2 aromatic heterocycles. The second kappa shape index (κ2) is 5.51. The first-order valence-corrected chi connectivity index (χ1v) is 6.54. The number of esters is 1. The lowest BCUT2D eigenvalue weighted by Gasteiger charge is -2.05. The molecule has 2 heterocycles. The summed E-state index contributed by atoms with van der Waals surface area (Å²) in [6.07, 6.45) is 1.11. The van der Waals surface area contributed by atoms with E-state index in [9.17, 15) is 14.9 Å². The molecule has 0 radical (unpaired) electrons. The van der Waals surface area contributed by atoms with E-state index < -0.39 is 16.6 Å². The van der Waals surface area contributed by atoms with E-state index in [1.807, 2.05) is 0 Å². The SMILES string of the molecule is COC(=O)c1scc(C)c1-c1ncnc(Cl)c1[N+](=O)[O-]. The highest BCUT2D eigenvalue weighted by atomic mass is 35.5. The van der Waals surface area contributed by atoms with Gasteiger partial charge in [-0.05, 0) is 17.9 Å². The molecular formula is C11H8ClN3O4S. The van der Waals surface area contributed by atoms with Crippen molar-refractivity contribution < 1.29 is 14.5 Å². The maximum atomic E-state index is 11.7. The van der Waals surface area contributed by atoms with E-state index in [0.717, 1.165) is 17.7 Å². The van der Waals surface area contributed by atoms with Crippen LogP contribution in [0.5, 0.6) is 0 Å². The Morgan fingerprint density at radius 2 is 2.20 bits per heavy atom. The van der Waals surface area contributed by atoms with Gasteiger partial charge in [0.25, 0.3) is 0 Å². The molecule has 0 fully saturated rings. The molecule has 20 heavy (non-hydrogen) atoms. The second-order valence-corrected chi connectivity index (χ2v) is 4.97. The Morgan fingerprint density at radius 1 is 1.50 bits per heavy atom. The zero-order valence-electron chi connectivity index (χ0n) is 10.4. The highest BCUT2D eigenvalue weighted by Gasteiger charge is 2.28. The number of halogens is 1. The number of aryl methyl sites for hydroxylation is 1. The molecule has 0 unspecified atom stereocenters. The lowest BCUT2D eigenvalue weighted by molar-refractivity contribution is -0.384. The molecule has 0 spiro atoms. The highest BCUT2D eigenvalue weighted by Crippen LogP contribution is 2.38. The largest absolute Gasteiger partial charge is 0.465 e. The summed E-state index contributed by atoms with van der Waals surface area (Å²) in [5, 5.41) is 12.5. The average Bonchev–Trinajstić information content (AvgIpc) is 2.78. The number of hydrogen-bond acceptors (Lipinski definition) is 7. The van der Waals surface area contributed by atoms with Crippen LogP contribution in [0.25, 0.3) is 11.3 Å². The molecule has 0 aliphatic rings. The molecule has 0 N–H and O–H groups in total. The van der Waals surface area contributed by atoms with Gasteiger partial charge in [-0.25, -0.2) is 14.8 Å². The van der Waals surface area contributed by atoms with E-state index in [4.69, 9.17) is 11.6 Å². The van der Waals surface area contributed by atoms with Gasteiger partial charge in [0.15, 0.2) is 5.69 Å². The molecule has 0 amide bonds. The number of hydrogen-bond donors (Lipinski definition) is 0. The zero-order valence-corrected chi connectivity index (χ0v) is 12.0. The van der Waals surface area contributed by atoms with Crippen molar-refractivity contribution in [1.29, 1.82) is 0 Å².